The summed E-state index contributed by atoms with van der Waals surface area (Å²) >= 11 is 1.42. The Morgan fingerprint density at radius 3 is 2.72 bits per heavy atom. The molecular formula is C11H17FN2O3S. The zero-order valence-electron chi connectivity index (χ0n) is 10.1. The largest absolute Gasteiger partial charge is 0.388 e. The second kappa shape index (κ2) is 4.63. The van der Waals surface area contributed by atoms with E-state index >= 15 is 0 Å². The molecule has 0 saturated carbocycles. The Labute approximate surface area is 109 Å². The van der Waals surface area contributed by atoms with Crippen LogP contribution in [0.2, 0.25) is 0 Å². The van der Waals surface area contributed by atoms with Crippen LogP contribution in [0.25, 0.3) is 0 Å². The molecule has 0 amide bonds. The molecule has 5 nitrogen and oxygen atoms in total. The molecule has 2 saturated heterocycles. The zero-order chi connectivity index (χ0) is 12.9. The average Bonchev–Trinajstić information content (AvgIpc) is 2.64. The number of fused-ring (bicyclic) bond motifs is 1. The first-order valence-corrected chi connectivity index (χ1v) is 7.11. The van der Waals surface area contributed by atoms with Crippen LogP contribution < -0.4 is 0 Å². The summed E-state index contributed by atoms with van der Waals surface area (Å²) in [5.41, 5.74) is -0.387. The predicted molar refractivity (Wildman–Crippen MR) is 66.2 cm³/mol. The number of nitrogens with zero attached hydrogens (tertiary/aromatic N) is 2. The first kappa shape index (κ1) is 12.7. The van der Waals surface area contributed by atoms with E-state index in [4.69, 9.17) is 4.74 Å². The highest BCUT2D eigenvalue weighted by Gasteiger charge is 2.50. The average molecular weight is 276 g/mol. The zero-order valence-corrected chi connectivity index (χ0v) is 10.9. The topological polar surface area (TPSA) is 65.3 Å². The van der Waals surface area contributed by atoms with Crippen LogP contribution in [-0.4, -0.2) is 69.3 Å². The molecule has 18 heavy (non-hydrogen) atoms. The number of ether oxygens (including phenoxy) is 1. The third kappa shape index (κ3) is 1.93. The number of aliphatic imine (C=N–C) groups is 1. The maximum Gasteiger partial charge on any atom is 0.162 e. The third-order valence-corrected chi connectivity index (χ3v) is 4.86. The van der Waals surface area contributed by atoms with Crippen molar-refractivity contribution in [1.29, 1.82) is 0 Å². The molecule has 0 aromatic rings. The van der Waals surface area contributed by atoms with Gasteiger partial charge in [-0.05, 0) is 13.3 Å². The Morgan fingerprint density at radius 2 is 2.17 bits per heavy atom. The van der Waals surface area contributed by atoms with Crippen molar-refractivity contribution in [3.05, 3.63) is 0 Å². The fourth-order valence-corrected chi connectivity index (χ4v) is 3.68. The van der Waals surface area contributed by atoms with Gasteiger partial charge < -0.3 is 19.8 Å². The van der Waals surface area contributed by atoms with Gasteiger partial charge in [-0.3, -0.25) is 4.99 Å². The molecule has 0 spiro atoms. The molecule has 0 aromatic heterocycles. The summed E-state index contributed by atoms with van der Waals surface area (Å²) < 4.78 is 18.9. The molecule has 3 rings (SSSR count). The fourth-order valence-electron chi connectivity index (χ4n) is 2.41. The van der Waals surface area contributed by atoms with Crippen LogP contribution >= 0.6 is 11.8 Å². The van der Waals surface area contributed by atoms with Crippen molar-refractivity contribution in [2.24, 2.45) is 4.99 Å². The van der Waals surface area contributed by atoms with Crippen molar-refractivity contribution >= 4 is 16.9 Å². The van der Waals surface area contributed by atoms with E-state index < -0.39 is 30.5 Å². The summed E-state index contributed by atoms with van der Waals surface area (Å²) in [6.45, 7) is 3.26. The second-order valence-electron chi connectivity index (χ2n) is 4.99. The van der Waals surface area contributed by atoms with E-state index in [1.54, 1.807) is 0 Å². The second-order valence-corrected chi connectivity index (χ2v) is 6.05. The molecule has 0 bridgehead atoms. The molecule has 3 aliphatic rings. The molecular weight excluding hydrogens is 259 g/mol. The van der Waals surface area contributed by atoms with Crippen LogP contribution in [-0.2, 0) is 4.74 Å². The number of hydrogen-bond acceptors (Lipinski definition) is 6. The summed E-state index contributed by atoms with van der Waals surface area (Å²) in [5, 5.41) is 20.7. The lowest BCUT2D eigenvalue weighted by atomic mass is 9.96. The Morgan fingerprint density at radius 1 is 1.44 bits per heavy atom. The van der Waals surface area contributed by atoms with Gasteiger partial charge in [0.1, 0.15) is 36.0 Å². The summed E-state index contributed by atoms with van der Waals surface area (Å²) in [4.78, 5) is 6.52. The van der Waals surface area contributed by atoms with Crippen LogP contribution in [0.5, 0.6) is 0 Å². The van der Waals surface area contributed by atoms with Crippen LogP contribution in [0.4, 0.5) is 4.39 Å². The molecule has 7 heteroatoms. The minimum atomic E-state index is -1.32. The number of thioether (sulfide) groups is 1. The van der Waals surface area contributed by atoms with E-state index in [0.717, 1.165) is 24.7 Å². The number of aliphatic hydroxyl groups is 2. The molecule has 3 heterocycles. The number of halogens is 1. The van der Waals surface area contributed by atoms with E-state index in [0.29, 0.717) is 0 Å². The van der Waals surface area contributed by atoms with Gasteiger partial charge in [0.05, 0.1) is 0 Å². The van der Waals surface area contributed by atoms with Gasteiger partial charge in [0.25, 0.3) is 0 Å². The minimum absolute atomic E-state index is 0.387. The molecule has 0 radical (unpaired) electrons. The molecule has 102 valence electrons. The standard InChI is InChI=1S/C11H17FN2O3S/c1-5(12)9-8(16)7(15)6-10(17-9)18-11(13-6)14-3-2-4-14/h5-10,15-16H,2-4H2,1H3/t5-,6?,7?,8?,9?,10?/m0/s1. The van der Waals surface area contributed by atoms with E-state index in [-0.39, 0.29) is 5.44 Å². The highest BCUT2D eigenvalue weighted by molar-refractivity contribution is 8.14. The van der Waals surface area contributed by atoms with Gasteiger partial charge in [0.15, 0.2) is 5.17 Å². The third-order valence-electron chi connectivity index (χ3n) is 3.67. The lowest BCUT2D eigenvalue weighted by molar-refractivity contribution is -0.170. The van der Waals surface area contributed by atoms with Gasteiger partial charge in [-0.1, -0.05) is 11.8 Å². The van der Waals surface area contributed by atoms with Gasteiger partial charge in [-0.25, -0.2) is 4.39 Å². The summed E-state index contributed by atoms with van der Waals surface area (Å²) in [6.07, 6.45) is -3.42. The Hall–Kier alpha value is -0.370. The van der Waals surface area contributed by atoms with Crippen molar-refractivity contribution in [3.63, 3.8) is 0 Å². The van der Waals surface area contributed by atoms with E-state index in [1.165, 1.54) is 18.7 Å². The summed E-state index contributed by atoms with van der Waals surface area (Å²) in [7, 11) is 0. The van der Waals surface area contributed by atoms with Crippen molar-refractivity contribution < 1.29 is 19.3 Å². The van der Waals surface area contributed by atoms with E-state index in [2.05, 4.69) is 9.89 Å². The number of alkyl halides is 1. The fraction of sp³-hybridized carbons (Fsp3) is 0.909. The van der Waals surface area contributed by atoms with Crippen LogP contribution in [0, 0.1) is 0 Å². The van der Waals surface area contributed by atoms with Gasteiger partial charge in [0.2, 0.25) is 0 Å². The number of likely N-dealkylation sites (tertiary alicyclic amines) is 1. The van der Waals surface area contributed by atoms with Crippen LogP contribution in [0.15, 0.2) is 4.99 Å². The van der Waals surface area contributed by atoms with Crippen molar-refractivity contribution in [1.82, 2.24) is 4.90 Å². The smallest absolute Gasteiger partial charge is 0.162 e. The predicted octanol–water partition coefficient (Wildman–Crippen LogP) is -0.0318. The Bertz CT molecular complexity index is 364. The van der Waals surface area contributed by atoms with E-state index in [1.807, 2.05) is 0 Å². The van der Waals surface area contributed by atoms with Crippen molar-refractivity contribution in [2.75, 3.05) is 13.1 Å². The normalized spacial score (nSPS) is 45.2. The van der Waals surface area contributed by atoms with Crippen LogP contribution in [0.1, 0.15) is 13.3 Å². The van der Waals surface area contributed by atoms with Crippen molar-refractivity contribution in [3.8, 4) is 0 Å². The lowest BCUT2D eigenvalue weighted by Crippen LogP contribution is -2.57. The number of amidine groups is 1. The Balaban J connectivity index is 1.75. The van der Waals surface area contributed by atoms with Crippen molar-refractivity contribution in [2.45, 2.75) is 49.3 Å². The first-order chi connectivity index (χ1) is 8.58. The highest BCUT2D eigenvalue weighted by Crippen LogP contribution is 2.39. The van der Waals surface area contributed by atoms with E-state index in [9.17, 15) is 14.6 Å². The first-order valence-electron chi connectivity index (χ1n) is 6.23. The van der Waals surface area contributed by atoms with Gasteiger partial charge in [-0.2, -0.15) is 0 Å². The molecule has 0 aromatic carbocycles. The molecule has 0 aliphatic carbocycles. The maximum atomic E-state index is 13.3. The lowest BCUT2D eigenvalue weighted by Gasteiger charge is -2.38. The van der Waals surface area contributed by atoms with Gasteiger partial charge in [0, 0.05) is 13.1 Å². The molecule has 6 atom stereocenters. The summed E-state index contributed by atoms with van der Waals surface area (Å²) in [5.74, 6) is 0. The minimum Gasteiger partial charge on any atom is -0.388 e. The highest BCUT2D eigenvalue weighted by atomic mass is 32.2. The maximum absolute atomic E-state index is 13.3. The van der Waals surface area contributed by atoms with Crippen LogP contribution in [0.3, 0.4) is 0 Å². The number of hydrogen-bond donors (Lipinski definition) is 2. The number of aliphatic hydroxyl groups excluding tert-OH is 2. The summed E-state index contributed by atoms with van der Waals surface area (Å²) in [6, 6.07) is -0.490. The SMILES string of the molecule is C[C@H](F)C1OC2SC(N3CCC3)=NC2C(O)C1O. The van der Waals surface area contributed by atoms with Gasteiger partial charge in [-0.15, -0.1) is 0 Å². The molecule has 3 aliphatic heterocycles. The van der Waals surface area contributed by atoms with Gasteiger partial charge >= 0.3 is 0 Å². The molecule has 5 unspecified atom stereocenters. The Kier molecular flexibility index (Phi) is 3.25. The number of rotatable bonds is 1. The molecule has 2 fully saturated rings. The quantitative estimate of drug-likeness (QED) is 0.704. The molecule has 2 N–H and O–H groups in total. The monoisotopic (exact) mass is 276 g/mol.